The monoisotopic (exact) mass is 490 g/mol. The van der Waals surface area contributed by atoms with Gasteiger partial charge in [0.05, 0.1) is 0 Å². The maximum Gasteiger partial charge on any atom is 0.326 e. The molecule has 0 aliphatic heterocycles. The highest BCUT2D eigenvalue weighted by Gasteiger charge is 2.21. The molecule has 0 unspecified atom stereocenters. The topological polar surface area (TPSA) is 82.2 Å². The third-order valence-corrected chi connectivity index (χ3v) is 6.16. The predicted octanol–water partition coefficient (Wildman–Crippen LogP) is 7.10. The average Bonchev–Trinajstić information content (AvgIpc) is 3.28. The van der Waals surface area contributed by atoms with Crippen LogP contribution in [0.4, 0.5) is 0 Å². The van der Waals surface area contributed by atoms with Gasteiger partial charge in [0.15, 0.2) is 0 Å². The number of carbonyl (C=O) groups excluding carboxylic acids is 1. The zero-order chi connectivity index (χ0) is 25.8. The Bertz CT molecular complexity index is 1040. The van der Waals surface area contributed by atoms with Gasteiger partial charge < -0.3 is 15.4 Å². The Kier molecular flexibility index (Phi) is 14.5. The molecule has 5 heteroatoms. The molecule has 0 radical (unpaired) electrons. The van der Waals surface area contributed by atoms with Crippen molar-refractivity contribution in [2.24, 2.45) is 0 Å². The van der Waals surface area contributed by atoms with Crippen LogP contribution < -0.4 is 5.32 Å². The fraction of sp³-hybridized carbons (Fsp3) is 0.484. The first kappa shape index (κ1) is 29.0. The predicted molar refractivity (Wildman–Crippen MR) is 149 cm³/mol. The van der Waals surface area contributed by atoms with E-state index in [1.54, 1.807) is 6.20 Å². The summed E-state index contributed by atoms with van der Waals surface area (Å²) in [6.07, 6.45) is 24.6. The number of rotatable bonds is 17. The molecule has 1 aromatic heterocycles. The first-order valence-electron chi connectivity index (χ1n) is 13.5. The minimum absolute atomic E-state index is 0.206. The molecule has 0 spiro atoms. The van der Waals surface area contributed by atoms with E-state index in [1.807, 2.05) is 24.3 Å². The Morgan fingerprint density at radius 1 is 0.972 bits per heavy atom. The molecule has 0 aliphatic carbocycles. The SMILES string of the molecule is CCCCCC=CCC=CCCCCCCCC#CC(=O)N[C@@H](Cc1c[nH]c2ccccc12)C(=O)O. The van der Waals surface area contributed by atoms with E-state index in [2.05, 4.69) is 53.4 Å². The highest BCUT2D eigenvalue weighted by molar-refractivity contribution is 5.96. The van der Waals surface area contributed by atoms with Crippen LogP contribution in [0.3, 0.4) is 0 Å². The van der Waals surface area contributed by atoms with E-state index in [4.69, 9.17) is 0 Å². The van der Waals surface area contributed by atoms with Crippen LogP contribution in [0.25, 0.3) is 10.9 Å². The number of amides is 1. The zero-order valence-electron chi connectivity index (χ0n) is 21.7. The first-order valence-corrected chi connectivity index (χ1v) is 13.5. The number of unbranched alkanes of at least 4 members (excludes halogenated alkanes) is 9. The van der Waals surface area contributed by atoms with Crippen LogP contribution in [-0.2, 0) is 16.0 Å². The molecule has 5 nitrogen and oxygen atoms in total. The summed E-state index contributed by atoms with van der Waals surface area (Å²) in [7, 11) is 0. The van der Waals surface area contributed by atoms with Gasteiger partial charge in [-0.3, -0.25) is 4.79 Å². The number of aromatic nitrogens is 1. The molecule has 3 N–H and O–H groups in total. The number of nitrogens with one attached hydrogen (secondary N) is 2. The summed E-state index contributed by atoms with van der Waals surface area (Å²) in [6, 6.07) is 6.69. The number of hydrogen-bond donors (Lipinski definition) is 3. The van der Waals surface area contributed by atoms with Crippen molar-refractivity contribution in [2.45, 2.75) is 96.4 Å². The van der Waals surface area contributed by atoms with Crippen molar-refractivity contribution in [3.63, 3.8) is 0 Å². The third kappa shape index (κ3) is 11.9. The van der Waals surface area contributed by atoms with Crippen LogP contribution in [0.2, 0.25) is 0 Å². The van der Waals surface area contributed by atoms with Gasteiger partial charge in [-0.2, -0.15) is 0 Å². The van der Waals surface area contributed by atoms with E-state index < -0.39 is 17.9 Å². The number of H-pyrrole nitrogens is 1. The highest BCUT2D eigenvalue weighted by Crippen LogP contribution is 2.19. The lowest BCUT2D eigenvalue weighted by molar-refractivity contribution is -0.141. The number of allylic oxidation sites excluding steroid dienone is 4. The van der Waals surface area contributed by atoms with Gasteiger partial charge in [-0.1, -0.05) is 87.5 Å². The molecule has 1 aromatic carbocycles. The fourth-order valence-electron chi connectivity index (χ4n) is 4.08. The smallest absolute Gasteiger partial charge is 0.326 e. The molecule has 0 aliphatic rings. The van der Waals surface area contributed by atoms with Gasteiger partial charge in [0.1, 0.15) is 6.04 Å². The number of hydrogen-bond acceptors (Lipinski definition) is 2. The largest absolute Gasteiger partial charge is 0.480 e. The van der Waals surface area contributed by atoms with Crippen LogP contribution in [0.5, 0.6) is 0 Å². The van der Waals surface area contributed by atoms with Gasteiger partial charge >= 0.3 is 5.97 Å². The van der Waals surface area contributed by atoms with Crippen molar-refractivity contribution >= 4 is 22.8 Å². The van der Waals surface area contributed by atoms with Crippen LogP contribution >= 0.6 is 0 Å². The normalized spacial score (nSPS) is 12.1. The number of carboxylic acid groups (broad SMARTS) is 1. The standard InChI is InChI=1S/C31H42N2O3/c1-2-3-4-5-6-7-8-9-10-11-12-13-14-15-16-17-18-23-30(34)33-29(31(35)36)24-26-25-32-28-22-20-19-21-27(26)28/h6-7,9-10,19-22,25,29,32H,2-5,8,11-17,24H2,1H3,(H,33,34)(H,35,36)/t29-/m0/s1. The molecule has 2 rings (SSSR count). The molecule has 0 saturated heterocycles. The van der Waals surface area contributed by atoms with Crippen molar-refractivity contribution in [1.82, 2.24) is 10.3 Å². The highest BCUT2D eigenvalue weighted by atomic mass is 16.4. The summed E-state index contributed by atoms with van der Waals surface area (Å²) < 4.78 is 0. The van der Waals surface area contributed by atoms with Gasteiger partial charge in [-0.05, 0) is 56.1 Å². The summed E-state index contributed by atoms with van der Waals surface area (Å²) in [5.74, 6) is 3.83. The van der Waals surface area contributed by atoms with Crippen LogP contribution in [-0.4, -0.2) is 28.0 Å². The molecular formula is C31H42N2O3. The molecule has 1 amide bonds. The second kappa shape index (κ2) is 18.1. The lowest BCUT2D eigenvalue weighted by Gasteiger charge is -2.12. The Morgan fingerprint density at radius 2 is 1.67 bits per heavy atom. The van der Waals surface area contributed by atoms with Crippen molar-refractivity contribution in [1.29, 1.82) is 0 Å². The molecule has 0 fully saturated rings. The van der Waals surface area contributed by atoms with Crippen LogP contribution in [0, 0.1) is 11.8 Å². The Balaban J connectivity index is 1.54. The molecule has 36 heavy (non-hydrogen) atoms. The first-order chi connectivity index (χ1) is 17.6. The Morgan fingerprint density at radius 3 is 2.42 bits per heavy atom. The van der Waals surface area contributed by atoms with Crippen molar-refractivity contribution in [3.8, 4) is 11.8 Å². The van der Waals surface area contributed by atoms with Crippen LogP contribution in [0.15, 0.2) is 54.8 Å². The molecule has 2 aromatic rings. The van der Waals surface area contributed by atoms with E-state index in [1.165, 1.54) is 44.9 Å². The molecule has 1 heterocycles. The number of carbonyl (C=O) groups is 2. The van der Waals surface area contributed by atoms with Crippen molar-refractivity contribution < 1.29 is 14.7 Å². The van der Waals surface area contributed by atoms with E-state index >= 15 is 0 Å². The Labute approximate surface area is 216 Å². The maximum atomic E-state index is 12.1. The molecule has 1 atom stereocenters. The molecule has 0 bridgehead atoms. The van der Waals surface area contributed by atoms with E-state index in [9.17, 15) is 14.7 Å². The van der Waals surface area contributed by atoms with Crippen molar-refractivity contribution in [2.75, 3.05) is 0 Å². The van der Waals surface area contributed by atoms with Gasteiger partial charge in [-0.25, -0.2) is 4.79 Å². The third-order valence-electron chi connectivity index (χ3n) is 6.16. The summed E-state index contributed by atoms with van der Waals surface area (Å²) in [6.45, 7) is 2.23. The number of aromatic amines is 1. The van der Waals surface area contributed by atoms with Crippen LogP contribution in [0.1, 0.15) is 89.5 Å². The second-order valence-corrected chi connectivity index (χ2v) is 9.21. The second-order valence-electron chi connectivity index (χ2n) is 9.21. The zero-order valence-corrected chi connectivity index (χ0v) is 21.7. The molecule has 0 saturated carbocycles. The fourth-order valence-corrected chi connectivity index (χ4v) is 4.08. The summed E-state index contributed by atoms with van der Waals surface area (Å²) >= 11 is 0. The Hall–Kier alpha value is -3.26. The minimum Gasteiger partial charge on any atom is -0.480 e. The van der Waals surface area contributed by atoms with E-state index in [0.717, 1.165) is 42.1 Å². The van der Waals surface area contributed by atoms with Gasteiger partial charge in [0, 0.05) is 29.9 Å². The average molecular weight is 491 g/mol. The number of aliphatic carboxylic acids is 1. The number of fused-ring (bicyclic) bond motifs is 1. The number of para-hydroxylation sites is 1. The number of benzene rings is 1. The maximum absolute atomic E-state index is 12.1. The van der Waals surface area contributed by atoms with Gasteiger partial charge in [0.2, 0.25) is 0 Å². The number of carboxylic acids is 1. The lowest BCUT2D eigenvalue weighted by Crippen LogP contribution is -2.41. The summed E-state index contributed by atoms with van der Waals surface area (Å²) in [5.41, 5.74) is 1.80. The summed E-state index contributed by atoms with van der Waals surface area (Å²) in [4.78, 5) is 26.9. The molecular weight excluding hydrogens is 448 g/mol. The lowest BCUT2D eigenvalue weighted by atomic mass is 10.0. The van der Waals surface area contributed by atoms with E-state index in [0.29, 0.717) is 6.42 Å². The van der Waals surface area contributed by atoms with E-state index in [-0.39, 0.29) is 6.42 Å². The van der Waals surface area contributed by atoms with Gasteiger partial charge in [-0.15, -0.1) is 0 Å². The minimum atomic E-state index is -1.07. The molecule has 194 valence electrons. The quantitative estimate of drug-likeness (QED) is 0.126. The summed E-state index contributed by atoms with van der Waals surface area (Å²) in [5, 5.41) is 13.0. The van der Waals surface area contributed by atoms with Crippen molar-refractivity contribution in [3.05, 3.63) is 60.3 Å². The van der Waals surface area contributed by atoms with Gasteiger partial charge in [0.25, 0.3) is 5.91 Å².